The molecule has 7 nitrogen and oxygen atoms in total. The van der Waals surface area contributed by atoms with E-state index in [-0.39, 0.29) is 18.9 Å². The molecule has 176 valence electrons. The molecule has 3 rings (SSSR count). The number of alkyl carbamates (subject to hydrolysis) is 1. The molecule has 2 aromatic rings. The molecule has 0 saturated carbocycles. The summed E-state index contributed by atoms with van der Waals surface area (Å²) in [7, 11) is 0. The fourth-order valence-corrected chi connectivity index (χ4v) is 4.57. The van der Waals surface area contributed by atoms with Gasteiger partial charge in [0.05, 0.1) is 6.42 Å². The Morgan fingerprint density at radius 1 is 1.03 bits per heavy atom. The Labute approximate surface area is 198 Å². The van der Waals surface area contributed by atoms with Gasteiger partial charge in [0.1, 0.15) is 12.6 Å². The summed E-state index contributed by atoms with van der Waals surface area (Å²) in [5.41, 5.74) is 4.51. The summed E-state index contributed by atoms with van der Waals surface area (Å²) in [5.74, 6) is -0.781. The molecule has 3 N–H and O–H groups in total. The number of carbonyl (C=O) groups excluding carboxylic acids is 2. The topological polar surface area (TPSA) is 105 Å². The summed E-state index contributed by atoms with van der Waals surface area (Å²) < 4.78 is 5.57. The van der Waals surface area contributed by atoms with Crippen molar-refractivity contribution in [2.24, 2.45) is 0 Å². The maximum atomic E-state index is 12.7. The van der Waals surface area contributed by atoms with Crippen LogP contribution in [-0.2, 0) is 14.3 Å². The quantitative estimate of drug-likeness (QED) is 0.458. The van der Waals surface area contributed by atoms with Crippen molar-refractivity contribution in [3.05, 3.63) is 59.7 Å². The van der Waals surface area contributed by atoms with Gasteiger partial charge in [-0.2, -0.15) is 11.8 Å². The lowest BCUT2D eigenvalue weighted by Crippen LogP contribution is -2.50. The molecule has 1 aliphatic carbocycles. The average Bonchev–Trinajstić information content (AvgIpc) is 3.13. The molecule has 0 spiro atoms. The molecule has 0 radical (unpaired) electrons. The molecule has 0 aliphatic heterocycles. The zero-order valence-electron chi connectivity index (χ0n) is 18.9. The predicted octanol–water partition coefficient (Wildman–Crippen LogP) is 4.02. The van der Waals surface area contributed by atoms with Gasteiger partial charge < -0.3 is 20.5 Å². The highest BCUT2D eigenvalue weighted by Gasteiger charge is 2.30. The lowest BCUT2D eigenvalue weighted by Gasteiger charge is -2.22. The number of ether oxygens (including phenoxy) is 1. The van der Waals surface area contributed by atoms with Crippen LogP contribution in [0.1, 0.15) is 43.2 Å². The van der Waals surface area contributed by atoms with Crippen molar-refractivity contribution in [2.75, 3.05) is 18.6 Å². The van der Waals surface area contributed by atoms with E-state index in [0.717, 1.165) is 22.3 Å². The van der Waals surface area contributed by atoms with E-state index in [4.69, 9.17) is 9.84 Å². The molecule has 0 aromatic heterocycles. The number of carbonyl (C=O) groups is 3. The molecule has 0 saturated heterocycles. The number of hydrogen-bond donors (Lipinski definition) is 3. The lowest BCUT2D eigenvalue weighted by molar-refractivity contribution is -0.137. The monoisotopic (exact) mass is 470 g/mol. The van der Waals surface area contributed by atoms with Crippen molar-refractivity contribution in [3.8, 4) is 11.1 Å². The number of fused-ring (bicyclic) bond motifs is 3. The molecule has 2 aromatic carbocycles. The molecule has 0 bridgehead atoms. The van der Waals surface area contributed by atoms with Crippen molar-refractivity contribution in [1.82, 2.24) is 10.6 Å². The summed E-state index contributed by atoms with van der Waals surface area (Å²) in [6.07, 6.45) is 1.99. The number of thioether (sulfide) groups is 1. The van der Waals surface area contributed by atoms with Crippen LogP contribution in [0.4, 0.5) is 4.79 Å². The number of benzene rings is 2. The third-order valence-electron chi connectivity index (χ3n) is 5.82. The van der Waals surface area contributed by atoms with E-state index in [9.17, 15) is 14.4 Å². The predicted molar refractivity (Wildman–Crippen MR) is 129 cm³/mol. The first-order valence-corrected chi connectivity index (χ1v) is 12.5. The third-order valence-corrected chi connectivity index (χ3v) is 6.47. The fourth-order valence-electron chi connectivity index (χ4n) is 4.10. The second-order valence-electron chi connectivity index (χ2n) is 8.02. The summed E-state index contributed by atoms with van der Waals surface area (Å²) >= 11 is 1.56. The first-order valence-electron chi connectivity index (χ1n) is 11.1. The van der Waals surface area contributed by atoms with Crippen LogP contribution in [0, 0.1) is 0 Å². The van der Waals surface area contributed by atoms with Crippen LogP contribution < -0.4 is 10.6 Å². The van der Waals surface area contributed by atoms with Gasteiger partial charge in [-0.05, 0) is 47.1 Å². The minimum atomic E-state index is -0.979. The third kappa shape index (κ3) is 6.28. The highest BCUT2D eigenvalue weighted by Crippen LogP contribution is 2.44. The Morgan fingerprint density at radius 3 is 2.18 bits per heavy atom. The van der Waals surface area contributed by atoms with Gasteiger partial charge in [0, 0.05) is 12.0 Å². The normalized spacial score (nSPS) is 14.0. The lowest BCUT2D eigenvalue weighted by atomic mass is 9.98. The van der Waals surface area contributed by atoms with E-state index in [1.165, 1.54) is 0 Å². The Balaban J connectivity index is 1.64. The SMILES string of the molecule is CC[C@@H](CC(=O)O)NC(=O)C(CCSC)NC(=O)OCC1c2ccccc2-c2ccccc21. The molecule has 0 heterocycles. The Hall–Kier alpha value is -3.00. The number of carboxylic acids is 1. The first-order chi connectivity index (χ1) is 15.9. The molecule has 8 heteroatoms. The average molecular weight is 471 g/mol. The van der Waals surface area contributed by atoms with Gasteiger partial charge in [-0.15, -0.1) is 0 Å². The molecule has 1 aliphatic rings. The van der Waals surface area contributed by atoms with Crippen LogP contribution in [0.5, 0.6) is 0 Å². The van der Waals surface area contributed by atoms with Crippen molar-refractivity contribution >= 4 is 29.7 Å². The van der Waals surface area contributed by atoms with Crippen LogP contribution in [0.2, 0.25) is 0 Å². The Kier molecular flexibility index (Phi) is 8.77. The van der Waals surface area contributed by atoms with Crippen LogP contribution >= 0.6 is 11.8 Å². The van der Waals surface area contributed by atoms with E-state index in [0.29, 0.717) is 18.6 Å². The number of nitrogens with one attached hydrogen (secondary N) is 2. The van der Waals surface area contributed by atoms with Crippen LogP contribution in [0.3, 0.4) is 0 Å². The van der Waals surface area contributed by atoms with Gasteiger partial charge in [0.15, 0.2) is 0 Å². The summed E-state index contributed by atoms with van der Waals surface area (Å²) in [4.78, 5) is 36.4. The molecule has 2 amide bonds. The molecular formula is C25H30N2O5S. The van der Waals surface area contributed by atoms with Crippen molar-refractivity contribution in [2.45, 2.75) is 44.2 Å². The van der Waals surface area contributed by atoms with E-state index >= 15 is 0 Å². The van der Waals surface area contributed by atoms with Crippen LogP contribution in [0.15, 0.2) is 48.5 Å². The van der Waals surface area contributed by atoms with Crippen molar-refractivity contribution in [3.63, 3.8) is 0 Å². The summed E-state index contributed by atoms with van der Waals surface area (Å²) in [6, 6.07) is 14.9. The Bertz CT molecular complexity index is 951. The molecule has 33 heavy (non-hydrogen) atoms. The second kappa shape index (κ2) is 11.7. The highest BCUT2D eigenvalue weighted by molar-refractivity contribution is 7.98. The van der Waals surface area contributed by atoms with Gasteiger partial charge in [0.2, 0.25) is 5.91 Å². The number of rotatable bonds is 11. The Morgan fingerprint density at radius 2 is 1.64 bits per heavy atom. The molecule has 2 atom stereocenters. The maximum Gasteiger partial charge on any atom is 0.407 e. The van der Waals surface area contributed by atoms with Gasteiger partial charge >= 0.3 is 12.1 Å². The standard InChI is InChI=1S/C25H30N2O5S/c1-3-16(14-23(28)29)26-24(30)22(12-13-33-2)27-25(31)32-15-21-19-10-6-4-8-17(19)18-9-5-7-11-20(18)21/h4-11,16,21-22H,3,12-15H2,1-2H3,(H,26,30)(H,27,31)(H,28,29)/t16-,22?/m0/s1. The summed E-state index contributed by atoms with van der Waals surface area (Å²) in [6.45, 7) is 1.97. The molecule has 0 fully saturated rings. The van der Waals surface area contributed by atoms with E-state index in [1.54, 1.807) is 11.8 Å². The number of amides is 2. The van der Waals surface area contributed by atoms with Crippen LogP contribution in [0.25, 0.3) is 11.1 Å². The van der Waals surface area contributed by atoms with E-state index in [2.05, 4.69) is 22.8 Å². The van der Waals surface area contributed by atoms with Gasteiger partial charge in [-0.3, -0.25) is 9.59 Å². The number of hydrogen-bond acceptors (Lipinski definition) is 5. The molecule has 1 unspecified atom stereocenters. The fraction of sp³-hybridized carbons (Fsp3) is 0.400. The largest absolute Gasteiger partial charge is 0.481 e. The number of carboxylic acid groups (broad SMARTS) is 1. The van der Waals surface area contributed by atoms with Gasteiger partial charge in [-0.1, -0.05) is 55.5 Å². The second-order valence-corrected chi connectivity index (χ2v) is 9.00. The first kappa shape index (κ1) is 24.6. The van der Waals surface area contributed by atoms with Gasteiger partial charge in [-0.25, -0.2) is 4.79 Å². The van der Waals surface area contributed by atoms with E-state index in [1.807, 2.05) is 49.6 Å². The molecular weight excluding hydrogens is 440 g/mol. The van der Waals surface area contributed by atoms with Crippen molar-refractivity contribution in [1.29, 1.82) is 0 Å². The minimum absolute atomic E-state index is 0.0679. The van der Waals surface area contributed by atoms with Crippen LogP contribution in [-0.4, -0.2) is 53.8 Å². The zero-order chi connectivity index (χ0) is 23.8. The zero-order valence-corrected chi connectivity index (χ0v) is 19.7. The minimum Gasteiger partial charge on any atom is -0.481 e. The number of aliphatic carboxylic acids is 1. The van der Waals surface area contributed by atoms with E-state index < -0.39 is 30.1 Å². The van der Waals surface area contributed by atoms with Gasteiger partial charge in [0.25, 0.3) is 0 Å². The smallest absolute Gasteiger partial charge is 0.407 e. The maximum absolute atomic E-state index is 12.7. The summed E-state index contributed by atoms with van der Waals surface area (Å²) in [5, 5.41) is 14.4. The highest BCUT2D eigenvalue weighted by atomic mass is 32.2. The van der Waals surface area contributed by atoms with Crippen molar-refractivity contribution < 1.29 is 24.2 Å².